The average molecular weight is 367 g/mol. The molecule has 9 heteroatoms. The first-order valence-corrected chi connectivity index (χ1v) is 9.14. The Balaban J connectivity index is 1.93. The third kappa shape index (κ3) is 2.79. The number of ether oxygens (including phenoxy) is 1. The molecule has 0 amide bonds. The number of aliphatic imine (C=N–C) groups is 2. The summed E-state index contributed by atoms with van der Waals surface area (Å²) in [6, 6.07) is 0. The van der Waals surface area contributed by atoms with E-state index in [9.17, 15) is 15.3 Å². The van der Waals surface area contributed by atoms with Crippen LogP contribution < -0.4 is 5.73 Å². The largest absolute Gasteiger partial charge is 0.394 e. The number of hydrogen-bond donors (Lipinski definition) is 4. The van der Waals surface area contributed by atoms with Crippen LogP contribution in [0.5, 0.6) is 0 Å². The van der Waals surface area contributed by atoms with Gasteiger partial charge in [0.15, 0.2) is 17.7 Å². The van der Waals surface area contributed by atoms with E-state index >= 15 is 0 Å². The Labute approximate surface area is 153 Å². The summed E-state index contributed by atoms with van der Waals surface area (Å²) in [6.45, 7) is 6.38. The number of fused-ring (bicyclic) bond motifs is 1. The number of hydrogen-bond acceptors (Lipinski definition) is 9. The lowest BCUT2D eigenvalue weighted by atomic mass is 10.0. The predicted octanol–water partition coefficient (Wildman–Crippen LogP) is -0.462. The van der Waals surface area contributed by atoms with E-state index in [0.29, 0.717) is 11.5 Å². The van der Waals surface area contributed by atoms with Gasteiger partial charge in [-0.2, -0.15) is 0 Å². The van der Waals surface area contributed by atoms with Gasteiger partial charge in [0.05, 0.1) is 12.9 Å². The zero-order valence-electron chi connectivity index (χ0n) is 15.5. The average Bonchev–Trinajstić information content (AvgIpc) is 3.09. The van der Waals surface area contributed by atoms with Crippen LogP contribution in [-0.2, 0) is 4.74 Å². The highest BCUT2D eigenvalue weighted by molar-refractivity contribution is 5.85. The molecule has 0 saturated carbocycles. The number of amidine groups is 1. The van der Waals surface area contributed by atoms with Crippen molar-refractivity contribution in [2.75, 3.05) is 13.2 Å². The predicted molar refractivity (Wildman–Crippen MR) is 97.0 cm³/mol. The highest BCUT2D eigenvalue weighted by Gasteiger charge is 2.56. The normalized spacial score (nSPS) is 36.8. The fraction of sp³-hybridized carbons (Fsp3) is 0.765. The summed E-state index contributed by atoms with van der Waals surface area (Å²) < 4.78 is 5.73. The lowest BCUT2D eigenvalue weighted by molar-refractivity contribution is -0.111. The molecule has 3 heterocycles. The van der Waals surface area contributed by atoms with Crippen LogP contribution in [0.4, 0.5) is 0 Å². The zero-order valence-corrected chi connectivity index (χ0v) is 15.5. The Hall–Kier alpha value is -1.68. The number of unbranched alkanes of at least 4 members (excludes halogenated alkanes) is 2. The van der Waals surface area contributed by atoms with Crippen molar-refractivity contribution in [2.24, 2.45) is 15.7 Å². The SMILES string of the molecule is CCCCCN1C(C)=NC(N)=C2N=CN([C@@H]3O[C@H](CO)[C@@H](O)[C@H]3O)C21C. The summed E-state index contributed by atoms with van der Waals surface area (Å²) in [4.78, 5) is 12.7. The second-order valence-corrected chi connectivity index (χ2v) is 7.15. The summed E-state index contributed by atoms with van der Waals surface area (Å²) in [7, 11) is 0. The molecule has 0 aliphatic carbocycles. The minimum absolute atomic E-state index is 0.335. The molecule has 1 saturated heterocycles. The molecule has 9 nitrogen and oxygen atoms in total. The molecule has 0 aromatic rings. The molecule has 1 unspecified atom stereocenters. The number of aliphatic hydroxyl groups excluding tert-OH is 3. The summed E-state index contributed by atoms with van der Waals surface area (Å²) in [5.74, 6) is 1.11. The van der Waals surface area contributed by atoms with Crippen molar-refractivity contribution in [1.29, 1.82) is 0 Å². The number of nitrogens with two attached hydrogens (primary N) is 1. The zero-order chi connectivity index (χ0) is 19.1. The molecule has 5 atom stereocenters. The van der Waals surface area contributed by atoms with Crippen molar-refractivity contribution in [1.82, 2.24) is 9.80 Å². The standard InChI is InChI=1S/C17H29N5O4/c1-4-5-6-7-21-10(2)20-15(18)14-17(21,3)22(9-19-14)16-13(25)12(24)11(8-23)26-16/h9,11-13,16,23-25H,4-8,18H2,1-3H3/t11-,12-,13-,16-,17?/m1/s1. The molecule has 3 rings (SSSR count). The van der Waals surface area contributed by atoms with E-state index in [1.54, 1.807) is 11.2 Å². The second kappa shape index (κ2) is 7.15. The van der Waals surface area contributed by atoms with Gasteiger partial charge >= 0.3 is 0 Å². The highest BCUT2D eigenvalue weighted by Crippen LogP contribution is 2.41. The van der Waals surface area contributed by atoms with Gasteiger partial charge in [0, 0.05) is 6.54 Å². The van der Waals surface area contributed by atoms with Crippen molar-refractivity contribution in [3.8, 4) is 0 Å². The third-order valence-corrected chi connectivity index (χ3v) is 5.48. The Kier molecular flexibility index (Phi) is 5.25. The van der Waals surface area contributed by atoms with E-state index in [-0.39, 0.29) is 6.61 Å². The van der Waals surface area contributed by atoms with E-state index in [0.717, 1.165) is 31.6 Å². The molecule has 0 radical (unpaired) electrons. The van der Waals surface area contributed by atoms with Crippen molar-refractivity contribution in [2.45, 2.75) is 70.2 Å². The number of aliphatic hydroxyl groups is 3. The van der Waals surface area contributed by atoms with Crippen LogP contribution in [0.3, 0.4) is 0 Å². The molecule has 5 N–H and O–H groups in total. The Morgan fingerprint density at radius 1 is 1.31 bits per heavy atom. The lowest BCUT2D eigenvalue weighted by Crippen LogP contribution is -2.64. The summed E-state index contributed by atoms with van der Waals surface area (Å²) >= 11 is 0. The maximum Gasteiger partial charge on any atom is 0.162 e. The van der Waals surface area contributed by atoms with Crippen molar-refractivity contribution in [3.63, 3.8) is 0 Å². The van der Waals surface area contributed by atoms with E-state index in [4.69, 9.17) is 10.5 Å². The fourth-order valence-corrected chi connectivity index (χ4v) is 3.98. The van der Waals surface area contributed by atoms with Crippen molar-refractivity contribution < 1.29 is 20.1 Å². The van der Waals surface area contributed by atoms with Crippen molar-refractivity contribution in [3.05, 3.63) is 11.5 Å². The lowest BCUT2D eigenvalue weighted by Gasteiger charge is -2.49. The van der Waals surface area contributed by atoms with E-state index < -0.39 is 30.2 Å². The Morgan fingerprint density at radius 3 is 2.65 bits per heavy atom. The monoisotopic (exact) mass is 367 g/mol. The molecule has 1 fully saturated rings. The van der Waals surface area contributed by atoms with Gasteiger partial charge in [-0.1, -0.05) is 19.8 Å². The number of nitrogens with zero attached hydrogens (tertiary/aromatic N) is 4. The summed E-state index contributed by atoms with van der Waals surface area (Å²) in [5.41, 5.74) is 5.94. The highest BCUT2D eigenvalue weighted by atomic mass is 16.6. The first-order chi connectivity index (χ1) is 12.4. The quantitative estimate of drug-likeness (QED) is 0.468. The van der Waals surface area contributed by atoms with Gasteiger partial charge in [-0.15, -0.1) is 0 Å². The molecule has 0 aromatic carbocycles. The Morgan fingerprint density at radius 2 is 2.04 bits per heavy atom. The van der Waals surface area contributed by atoms with E-state index in [1.807, 2.05) is 13.8 Å². The molecule has 3 aliphatic rings. The third-order valence-electron chi connectivity index (χ3n) is 5.48. The van der Waals surface area contributed by atoms with Crippen LogP contribution in [0.25, 0.3) is 0 Å². The first-order valence-electron chi connectivity index (χ1n) is 9.14. The smallest absolute Gasteiger partial charge is 0.162 e. The molecule has 146 valence electrons. The molecular formula is C17H29N5O4. The maximum atomic E-state index is 10.5. The van der Waals surface area contributed by atoms with E-state index in [1.165, 1.54) is 0 Å². The maximum absolute atomic E-state index is 10.5. The summed E-state index contributed by atoms with van der Waals surface area (Å²) in [5, 5.41) is 30.0. The van der Waals surface area contributed by atoms with Gasteiger partial charge in [0.1, 0.15) is 29.8 Å². The van der Waals surface area contributed by atoms with Gasteiger partial charge in [-0.05, 0) is 20.3 Å². The fourth-order valence-electron chi connectivity index (χ4n) is 3.98. The van der Waals surface area contributed by atoms with Crippen LogP contribution in [0.15, 0.2) is 21.5 Å². The Bertz CT molecular complexity index is 637. The molecule has 0 spiro atoms. The van der Waals surface area contributed by atoms with Gasteiger partial charge in [-0.25, -0.2) is 9.98 Å². The van der Waals surface area contributed by atoms with Gasteiger partial charge < -0.3 is 35.6 Å². The van der Waals surface area contributed by atoms with Crippen LogP contribution >= 0.6 is 0 Å². The van der Waals surface area contributed by atoms with Gasteiger partial charge in [-0.3, -0.25) is 0 Å². The van der Waals surface area contributed by atoms with Gasteiger partial charge in [0.25, 0.3) is 0 Å². The minimum atomic E-state index is -1.17. The molecule has 0 aromatic heterocycles. The molecule has 3 aliphatic heterocycles. The number of rotatable bonds is 6. The van der Waals surface area contributed by atoms with Crippen LogP contribution in [0.2, 0.25) is 0 Å². The molecule has 0 bridgehead atoms. The molecular weight excluding hydrogens is 338 g/mol. The first kappa shape index (κ1) is 19.1. The van der Waals surface area contributed by atoms with E-state index in [2.05, 4.69) is 21.8 Å². The minimum Gasteiger partial charge on any atom is -0.394 e. The van der Waals surface area contributed by atoms with Gasteiger partial charge in [0.2, 0.25) is 0 Å². The van der Waals surface area contributed by atoms with Crippen LogP contribution in [0.1, 0.15) is 40.0 Å². The van der Waals surface area contributed by atoms with Crippen LogP contribution in [0, 0.1) is 0 Å². The summed E-state index contributed by atoms with van der Waals surface area (Å²) in [6.07, 6.45) is 0.709. The van der Waals surface area contributed by atoms with Crippen molar-refractivity contribution >= 4 is 12.2 Å². The molecule has 26 heavy (non-hydrogen) atoms. The topological polar surface area (TPSA) is 127 Å². The van der Waals surface area contributed by atoms with Crippen LogP contribution in [-0.4, -0.2) is 80.6 Å². The second-order valence-electron chi connectivity index (χ2n) is 7.15.